The van der Waals surface area contributed by atoms with E-state index < -0.39 is 0 Å². The topological polar surface area (TPSA) is 38.4 Å². The fraction of sp³-hybridized carbons (Fsp3) is 0.500. The molecule has 0 saturated heterocycles. The lowest BCUT2D eigenvalue weighted by molar-refractivity contribution is 0.419. The van der Waals surface area contributed by atoms with Crippen molar-refractivity contribution in [3.05, 3.63) is 35.9 Å². The molecule has 0 aliphatic rings. The molecule has 0 spiro atoms. The first-order chi connectivity index (χ1) is 7.69. The second kappa shape index (κ2) is 6.31. The summed E-state index contributed by atoms with van der Waals surface area (Å²) in [6.45, 7) is 6.56. The first-order valence-electron chi connectivity index (χ1n) is 6.07. The van der Waals surface area contributed by atoms with E-state index in [1.807, 2.05) is 30.3 Å². The Morgan fingerprint density at radius 2 is 1.75 bits per heavy atom. The average molecular weight is 218 g/mol. The minimum absolute atomic E-state index is 0.301. The number of rotatable bonds is 5. The van der Waals surface area contributed by atoms with Gasteiger partial charge in [0.05, 0.1) is 6.04 Å². The molecule has 0 radical (unpaired) electrons. The number of hydrogen-bond donors (Lipinski definition) is 1. The highest BCUT2D eigenvalue weighted by Crippen LogP contribution is 2.16. The van der Waals surface area contributed by atoms with Crippen LogP contribution in [0.2, 0.25) is 0 Å². The Morgan fingerprint density at radius 1 is 1.19 bits per heavy atom. The van der Waals surface area contributed by atoms with E-state index in [0.717, 1.165) is 18.4 Å². The van der Waals surface area contributed by atoms with Crippen molar-refractivity contribution >= 4 is 5.84 Å². The van der Waals surface area contributed by atoms with Gasteiger partial charge in [-0.3, -0.25) is 4.99 Å². The molecule has 1 rings (SSSR count). The lowest BCUT2D eigenvalue weighted by atomic mass is 9.96. The van der Waals surface area contributed by atoms with E-state index in [1.165, 1.54) is 0 Å². The van der Waals surface area contributed by atoms with Crippen LogP contribution in [0, 0.1) is 5.92 Å². The van der Waals surface area contributed by atoms with Gasteiger partial charge in [-0.15, -0.1) is 0 Å². The molecule has 0 bridgehead atoms. The van der Waals surface area contributed by atoms with Crippen molar-refractivity contribution in [2.75, 3.05) is 0 Å². The van der Waals surface area contributed by atoms with Crippen molar-refractivity contribution < 1.29 is 0 Å². The third kappa shape index (κ3) is 3.37. The summed E-state index contributed by atoms with van der Waals surface area (Å²) in [6, 6.07) is 10.3. The van der Waals surface area contributed by atoms with E-state index in [4.69, 9.17) is 5.73 Å². The lowest BCUT2D eigenvalue weighted by Gasteiger charge is -2.17. The molecule has 88 valence electrons. The van der Waals surface area contributed by atoms with Crippen LogP contribution in [0.1, 0.15) is 39.2 Å². The Bertz CT molecular complexity index is 326. The normalized spacial score (nSPS) is 14.1. The zero-order chi connectivity index (χ0) is 12.0. The Hall–Kier alpha value is -1.31. The van der Waals surface area contributed by atoms with Crippen LogP contribution in [0.3, 0.4) is 0 Å². The van der Waals surface area contributed by atoms with Gasteiger partial charge in [-0.2, -0.15) is 0 Å². The van der Waals surface area contributed by atoms with Crippen LogP contribution in [0.5, 0.6) is 0 Å². The largest absolute Gasteiger partial charge is 0.383 e. The molecule has 0 aliphatic carbocycles. The first kappa shape index (κ1) is 12.8. The van der Waals surface area contributed by atoms with Crippen molar-refractivity contribution in [1.82, 2.24) is 0 Å². The molecule has 1 atom stereocenters. The number of nitrogens with two attached hydrogens (primary N) is 1. The monoisotopic (exact) mass is 218 g/mol. The molecule has 2 nitrogen and oxygen atoms in total. The predicted molar refractivity (Wildman–Crippen MR) is 70.7 cm³/mol. The standard InChI is InChI=1S/C14H22N2/c1-4-12(5-2)11(3)16-14(15)13-9-7-6-8-10-13/h6-12H,4-5H2,1-3H3,(H2,15,16). The molecule has 1 unspecified atom stereocenters. The third-order valence-electron chi connectivity index (χ3n) is 3.14. The van der Waals surface area contributed by atoms with Gasteiger partial charge in [0.2, 0.25) is 0 Å². The molecule has 0 aromatic heterocycles. The van der Waals surface area contributed by atoms with Gasteiger partial charge < -0.3 is 5.73 Å². The molecule has 0 amide bonds. The van der Waals surface area contributed by atoms with Crippen LogP contribution in [0.4, 0.5) is 0 Å². The molecule has 0 aliphatic heterocycles. The molecule has 1 aromatic rings. The van der Waals surface area contributed by atoms with Crippen molar-refractivity contribution in [2.45, 2.75) is 39.7 Å². The summed E-state index contributed by atoms with van der Waals surface area (Å²) >= 11 is 0. The van der Waals surface area contributed by atoms with E-state index in [1.54, 1.807) is 0 Å². The number of amidine groups is 1. The Balaban J connectivity index is 2.77. The fourth-order valence-electron chi connectivity index (χ4n) is 1.98. The Kier molecular flexibility index (Phi) is 5.03. The maximum absolute atomic E-state index is 5.99. The second-order valence-electron chi connectivity index (χ2n) is 4.20. The number of aliphatic imine (C=N–C) groups is 1. The summed E-state index contributed by atoms with van der Waals surface area (Å²) in [5, 5.41) is 0. The summed E-state index contributed by atoms with van der Waals surface area (Å²) in [4.78, 5) is 4.58. The predicted octanol–water partition coefficient (Wildman–Crippen LogP) is 3.22. The van der Waals surface area contributed by atoms with Crippen LogP contribution in [-0.2, 0) is 0 Å². The van der Waals surface area contributed by atoms with Crippen molar-refractivity contribution in [3.63, 3.8) is 0 Å². The zero-order valence-corrected chi connectivity index (χ0v) is 10.5. The summed E-state index contributed by atoms with van der Waals surface area (Å²) in [5.41, 5.74) is 7.01. The Labute approximate surface area is 98.6 Å². The third-order valence-corrected chi connectivity index (χ3v) is 3.14. The molecule has 2 heteroatoms. The minimum Gasteiger partial charge on any atom is -0.383 e. The lowest BCUT2D eigenvalue weighted by Crippen LogP contribution is -2.21. The van der Waals surface area contributed by atoms with Gasteiger partial charge >= 0.3 is 0 Å². The van der Waals surface area contributed by atoms with Gasteiger partial charge in [0, 0.05) is 5.56 Å². The molecule has 0 heterocycles. The second-order valence-corrected chi connectivity index (χ2v) is 4.20. The van der Waals surface area contributed by atoms with E-state index in [2.05, 4.69) is 25.8 Å². The molecule has 1 aromatic carbocycles. The smallest absolute Gasteiger partial charge is 0.125 e. The maximum atomic E-state index is 5.99. The summed E-state index contributed by atoms with van der Waals surface area (Å²) in [6.07, 6.45) is 2.31. The molecule has 0 fully saturated rings. The van der Waals surface area contributed by atoms with Crippen molar-refractivity contribution in [1.29, 1.82) is 0 Å². The van der Waals surface area contributed by atoms with Crippen molar-refractivity contribution in [3.8, 4) is 0 Å². The molecule has 0 saturated carbocycles. The quantitative estimate of drug-likeness (QED) is 0.598. The first-order valence-corrected chi connectivity index (χ1v) is 6.07. The van der Waals surface area contributed by atoms with Crippen LogP contribution < -0.4 is 5.73 Å². The van der Waals surface area contributed by atoms with Gasteiger partial charge in [-0.1, -0.05) is 57.0 Å². The maximum Gasteiger partial charge on any atom is 0.125 e. The van der Waals surface area contributed by atoms with Gasteiger partial charge in [-0.05, 0) is 12.8 Å². The highest BCUT2D eigenvalue weighted by molar-refractivity contribution is 5.97. The zero-order valence-electron chi connectivity index (χ0n) is 10.5. The number of hydrogen-bond acceptors (Lipinski definition) is 1. The van der Waals surface area contributed by atoms with Gasteiger partial charge in [0.1, 0.15) is 5.84 Å². The van der Waals surface area contributed by atoms with E-state index in [0.29, 0.717) is 17.8 Å². The van der Waals surface area contributed by atoms with Crippen LogP contribution in [-0.4, -0.2) is 11.9 Å². The van der Waals surface area contributed by atoms with Crippen LogP contribution in [0.15, 0.2) is 35.3 Å². The van der Waals surface area contributed by atoms with E-state index in [9.17, 15) is 0 Å². The van der Waals surface area contributed by atoms with Crippen LogP contribution in [0.25, 0.3) is 0 Å². The SMILES string of the molecule is CCC(CC)C(C)N=C(N)c1ccccc1. The number of nitrogens with zero attached hydrogens (tertiary/aromatic N) is 1. The van der Waals surface area contributed by atoms with Gasteiger partial charge in [-0.25, -0.2) is 0 Å². The molecule has 2 N–H and O–H groups in total. The van der Waals surface area contributed by atoms with E-state index in [-0.39, 0.29) is 0 Å². The van der Waals surface area contributed by atoms with Gasteiger partial charge in [0.25, 0.3) is 0 Å². The molecule has 16 heavy (non-hydrogen) atoms. The summed E-state index contributed by atoms with van der Waals surface area (Å²) < 4.78 is 0. The van der Waals surface area contributed by atoms with Crippen molar-refractivity contribution in [2.24, 2.45) is 16.6 Å². The molecular weight excluding hydrogens is 196 g/mol. The van der Waals surface area contributed by atoms with E-state index >= 15 is 0 Å². The van der Waals surface area contributed by atoms with Gasteiger partial charge in [0.15, 0.2) is 0 Å². The molecular formula is C14H22N2. The minimum atomic E-state index is 0.301. The average Bonchev–Trinajstić information content (AvgIpc) is 2.31. The summed E-state index contributed by atoms with van der Waals surface area (Å²) in [7, 11) is 0. The highest BCUT2D eigenvalue weighted by Gasteiger charge is 2.12. The van der Waals surface area contributed by atoms with Crippen LogP contribution >= 0.6 is 0 Å². The number of benzene rings is 1. The Morgan fingerprint density at radius 3 is 2.25 bits per heavy atom. The summed E-state index contributed by atoms with van der Waals surface area (Å²) in [5.74, 6) is 1.28. The fourth-order valence-corrected chi connectivity index (χ4v) is 1.98. The highest BCUT2D eigenvalue weighted by atomic mass is 14.9.